The van der Waals surface area contributed by atoms with E-state index in [1.165, 1.54) is 11.8 Å². The molecule has 110 valence electrons. The van der Waals surface area contributed by atoms with Gasteiger partial charge in [0.05, 0.1) is 21.0 Å². The van der Waals surface area contributed by atoms with Crippen molar-refractivity contribution in [3.63, 3.8) is 0 Å². The third-order valence-corrected chi connectivity index (χ3v) is 5.30. The second-order valence-electron chi connectivity index (χ2n) is 4.06. The molecule has 0 aromatic carbocycles. The maximum Gasteiger partial charge on any atom is 0.257 e. The predicted molar refractivity (Wildman–Crippen MR) is 83.8 cm³/mol. The molecule has 3 heterocycles. The second-order valence-corrected chi connectivity index (χ2v) is 7.46. The minimum absolute atomic E-state index is 0.363. The molecule has 0 spiro atoms. The van der Waals surface area contributed by atoms with Gasteiger partial charge in [-0.1, -0.05) is 11.8 Å². The Balaban J connectivity index is 1.68. The van der Waals surface area contributed by atoms with Gasteiger partial charge in [0.25, 0.3) is 5.89 Å². The molecular formula is C11H11BrN6OS2. The maximum absolute atomic E-state index is 5.64. The summed E-state index contributed by atoms with van der Waals surface area (Å²) in [5, 5.41) is 16.9. The number of aromatic nitrogens is 5. The van der Waals surface area contributed by atoms with Gasteiger partial charge in [0, 0.05) is 7.05 Å². The summed E-state index contributed by atoms with van der Waals surface area (Å²) >= 11 is 6.44. The van der Waals surface area contributed by atoms with E-state index < -0.39 is 0 Å². The molecule has 10 heteroatoms. The van der Waals surface area contributed by atoms with Crippen LogP contribution in [0.5, 0.6) is 0 Å². The lowest BCUT2D eigenvalue weighted by molar-refractivity contribution is 0.529. The van der Waals surface area contributed by atoms with E-state index in [-0.39, 0.29) is 0 Å². The van der Waals surface area contributed by atoms with Crippen molar-refractivity contribution >= 4 is 39.0 Å². The zero-order valence-corrected chi connectivity index (χ0v) is 14.2. The van der Waals surface area contributed by atoms with Crippen molar-refractivity contribution in [2.75, 3.05) is 0 Å². The molecule has 3 aromatic heterocycles. The van der Waals surface area contributed by atoms with Gasteiger partial charge in [0.15, 0.2) is 5.16 Å². The first-order chi connectivity index (χ1) is 10.2. The van der Waals surface area contributed by atoms with E-state index in [9.17, 15) is 0 Å². The average molecular weight is 387 g/mol. The molecule has 3 aromatic rings. The quantitative estimate of drug-likeness (QED) is 0.672. The number of thioether (sulfide) groups is 1. The molecule has 0 aliphatic carbocycles. The molecule has 0 unspecified atom stereocenters. The van der Waals surface area contributed by atoms with Gasteiger partial charge in [-0.15, -0.1) is 31.7 Å². The second kappa shape index (κ2) is 6.26. The van der Waals surface area contributed by atoms with Crippen molar-refractivity contribution in [1.82, 2.24) is 25.0 Å². The third-order valence-electron chi connectivity index (χ3n) is 2.68. The number of halogens is 1. The highest BCUT2D eigenvalue weighted by atomic mass is 79.9. The summed E-state index contributed by atoms with van der Waals surface area (Å²) in [6.07, 6.45) is 0. The summed E-state index contributed by atoms with van der Waals surface area (Å²) < 4.78 is 8.53. The SMILES string of the molecule is Cn1c(CN)nnc1SCc1nnc(-c2ccc(Br)s2)o1. The van der Waals surface area contributed by atoms with Crippen LogP contribution < -0.4 is 5.73 Å². The summed E-state index contributed by atoms with van der Waals surface area (Å²) in [6.45, 7) is 0.363. The van der Waals surface area contributed by atoms with Gasteiger partial charge in [-0.3, -0.25) is 0 Å². The Morgan fingerprint density at radius 1 is 1.33 bits per heavy atom. The predicted octanol–water partition coefficient (Wildman–Crippen LogP) is 2.44. The van der Waals surface area contributed by atoms with Crippen molar-refractivity contribution in [3.8, 4) is 10.8 Å². The molecule has 0 atom stereocenters. The molecule has 21 heavy (non-hydrogen) atoms. The minimum Gasteiger partial charge on any atom is -0.419 e. The first-order valence-electron chi connectivity index (χ1n) is 5.96. The molecule has 0 saturated carbocycles. The first-order valence-corrected chi connectivity index (χ1v) is 8.56. The van der Waals surface area contributed by atoms with Crippen LogP contribution in [0.2, 0.25) is 0 Å². The van der Waals surface area contributed by atoms with E-state index >= 15 is 0 Å². The van der Waals surface area contributed by atoms with Gasteiger partial charge < -0.3 is 14.7 Å². The number of nitrogens with two attached hydrogens (primary N) is 1. The van der Waals surface area contributed by atoms with E-state index in [1.807, 2.05) is 23.7 Å². The van der Waals surface area contributed by atoms with Gasteiger partial charge in [0.1, 0.15) is 5.82 Å². The highest BCUT2D eigenvalue weighted by Gasteiger charge is 2.13. The lowest BCUT2D eigenvalue weighted by Crippen LogP contribution is -2.05. The van der Waals surface area contributed by atoms with E-state index in [1.54, 1.807) is 11.3 Å². The van der Waals surface area contributed by atoms with Crippen LogP contribution in [0, 0.1) is 0 Å². The summed E-state index contributed by atoms with van der Waals surface area (Å²) in [4.78, 5) is 0.940. The Kier molecular flexibility index (Phi) is 4.38. The van der Waals surface area contributed by atoms with Crippen LogP contribution >= 0.6 is 39.0 Å². The highest BCUT2D eigenvalue weighted by Crippen LogP contribution is 2.31. The molecule has 0 amide bonds. The van der Waals surface area contributed by atoms with Crippen LogP contribution in [0.3, 0.4) is 0 Å². The molecule has 7 nitrogen and oxygen atoms in total. The molecule has 0 aliphatic heterocycles. The fourth-order valence-electron chi connectivity index (χ4n) is 1.62. The topological polar surface area (TPSA) is 95.7 Å². The van der Waals surface area contributed by atoms with Gasteiger partial charge in [-0.2, -0.15) is 0 Å². The number of hydrogen-bond acceptors (Lipinski definition) is 8. The normalized spacial score (nSPS) is 11.2. The third kappa shape index (κ3) is 3.18. The largest absolute Gasteiger partial charge is 0.419 e. The highest BCUT2D eigenvalue weighted by molar-refractivity contribution is 9.11. The summed E-state index contributed by atoms with van der Waals surface area (Å²) in [6, 6.07) is 3.89. The Labute approximate surface area is 137 Å². The molecule has 3 rings (SSSR count). The van der Waals surface area contributed by atoms with Gasteiger partial charge in [-0.05, 0) is 28.1 Å². The summed E-state index contributed by atoms with van der Waals surface area (Å²) in [5.41, 5.74) is 5.56. The fourth-order valence-corrected chi connectivity index (χ4v) is 3.69. The van der Waals surface area contributed by atoms with Crippen molar-refractivity contribution in [1.29, 1.82) is 0 Å². The molecular weight excluding hydrogens is 376 g/mol. The zero-order valence-electron chi connectivity index (χ0n) is 11.0. The number of nitrogens with zero attached hydrogens (tertiary/aromatic N) is 5. The smallest absolute Gasteiger partial charge is 0.257 e. The van der Waals surface area contributed by atoms with Crippen molar-refractivity contribution < 1.29 is 4.42 Å². The van der Waals surface area contributed by atoms with Crippen LogP contribution in [-0.4, -0.2) is 25.0 Å². The fraction of sp³-hybridized carbons (Fsp3) is 0.273. The van der Waals surface area contributed by atoms with Gasteiger partial charge in [-0.25, -0.2) is 0 Å². The van der Waals surface area contributed by atoms with Crippen LogP contribution in [-0.2, 0) is 19.3 Å². The van der Waals surface area contributed by atoms with Gasteiger partial charge >= 0.3 is 0 Å². The molecule has 0 radical (unpaired) electrons. The lowest BCUT2D eigenvalue weighted by Gasteiger charge is -1.99. The Bertz CT molecular complexity index is 752. The van der Waals surface area contributed by atoms with E-state index in [0.717, 1.165) is 19.6 Å². The lowest BCUT2D eigenvalue weighted by atomic mass is 10.5. The Hall–Kier alpha value is -1.23. The van der Waals surface area contributed by atoms with E-state index in [2.05, 4.69) is 36.3 Å². The monoisotopic (exact) mass is 386 g/mol. The standard InChI is InChI=1S/C11H11BrN6OS2/c1-18-8(4-13)14-17-11(18)20-5-9-15-16-10(19-9)6-2-3-7(12)21-6/h2-3H,4-5,13H2,1H3. The molecule has 2 N–H and O–H groups in total. The van der Waals surface area contributed by atoms with Crippen molar-refractivity contribution in [3.05, 3.63) is 27.6 Å². The first kappa shape index (κ1) is 14.7. The summed E-state index contributed by atoms with van der Waals surface area (Å²) in [7, 11) is 1.88. The minimum atomic E-state index is 0.363. The number of rotatable bonds is 5. The van der Waals surface area contributed by atoms with Crippen LogP contribution in [0.15, 0.2) is 25.5 Å². The molecule has 0 bridgehead atoms. The molecule has 0 saturated heterocycles. The van der Waals surface area contributed by atoms with E-state index in [4.69, 9.17) is 10.2 Å². The average Bonchev–Trinajstić information content (AvgIpc) is 3.17. The summed E-state index contributed by atoms with van der Waals surface area (Å²) in [5.74, 6) is 2.36. The zero-order chi connectivity index (χ0) is 14.8. The van der Waals surface area contributed by atoms with E-state index in [0.29, 0.717) is 24.1 Å². The molecule has 0 fully saturated rings. The van der Waals surface area contributed by atoms with Crippen LogP contribution in [0.25, 0.3) is 10.8 Å². The Morgan fingerprint density at radius 2 is 2.19 bits per heavy atom. The molecule has 0 aliphatic rings. The van der Waals surface area contributed by atoms with Crippen molar-refractivity contribution in [2.45, 2.75) is 17.5 Å². The van der Waals surface area contributed by atoms with Crippen LogP contribution in [0.4, 0.5) is 0 Å². The number of thiophene rings is 1. The number of hydrogen-bond donors (Lipinski definition) is 1. The van der Waals surface area contributed by atoms with Crippen LogP contribution in [0.1, 0.15) is 11.7 Å². The maximum atomic E-state index is 5.64. The van der Waals surface area contributed by atoms with Crippen molar-refractivity contribution in [2.24, 2.45) is 12.8 Å². The van der Waals surface area contributed by atoms with Gasteiger partial charge in [0.2, 0.25) is 5.89 Å². The Morgan fingerprint density at radius 3 is 2.86 bits per heavy atom.